The van der Waals surface area contributed by atoms with Gasteiger partial charge >= 0.3 is 5.97 Å². The zero-order chi connectivity index (χ0) is 26.1. The SMILES string of the molecule is Cc1nn(C2COC2)c2c(C(C(=O)O)N3CC[C@@H](OCCCCc4ccc5c(n4)NCCC5)C3)cccc12. The van der Waals surface area contributed by atoms with Crippen molar-refractivity contribution in [1.29, 1.82) is 0 Å². The summed E-state index contributed by atoms with van der Waals surface area (Å²) in [7, 11) is 0. The van der Waals surface area contributed by atoms with Crippen molar-refractivity contribution < 1.29 is 19.4 Å². The molecular formula is C29H37N5O4. The molecule has 0 radical (unpaired) electrons. The fraction of sp³-hybridized carbons (Fsp3) is 0.552. The second kappa shape index (κ2) is 11.0. The highest BCUT2D eigenvalue weighted by Gasteiger charge is 2.36. The van der Waals surface area contributed by atoms with Gasteiger partial charge in [-0.2, -0.15) is 5.10 Å². The monoisotopic (exact) mass is 519 g/mol. The number of anilines is 1. The second-order valence-corrected chi connectivity index (χ2v) is 10.8. The molecule has 38 heavy (non-hydrogen) atoms. The number of rotatable bonds is 10. The number of carboxylic acids is 1. The fourth-order valence-electron chi connectivity index (χ4n) is 6.00. The molecule has 0 saturated carbocycles. The van der Waals surface area contributed by atoms with Crippen LogP contribution in [0.3, 0.4) is 0 Å². The van der Waals surface area contributed by atoms with Crippen molar-refractivity contribution in [3.63, 3.8) is 0 Å². The normalized spacial score (nSPS) is 20.7. The summed E-state index contributed by atoms with van der Waals surface area (Å²) in [6, 6.07) is 9.71. The number of aliphatic carboxylic acids is 1. The minimum absolute atomic E-state index is 0.0498. The molecule has 2 atom stereocenters. The molecule has 3 aromatic rings. The molecule has 3 aliphatic heterocycles. The summed E-state index contributed by atoms with van der Waals surface area (Å²) in [6.07, 6.45) is 6.11. The molecule has 0 bridgehead atoms. The lowest BCUT2D eigenvalue weighted by Crippen LogP contribution is -2.35. The van der Waals surface area contributed by atoms with Crippen LogP contribution < -0.4 is 5.32 Å². The van der Waals surface area contributed by atoms with E-state index in [1.165, 1.54) is 12.0 Å². The Morgan fingerprint density at radius 3 is 2.97 bits per heavy atom. The summed E-state index contributed by atoms with van der Waals surface area (Å²) in [5.74, 6) is 0.222. The number of ether oxygens (including phenoxy) is 2. The number of carboxylic acid groups (broad SMARTS) is 1. The highest BCUT2D eigenvalue weighted by atomic mass is 16.5. The van der Waals surface area contributed by atoms with E-state index in [2.05, 4.69) is 22.3 Å². The molecule has 2 fully saturated rings. The van der Waals surface area contributed by atoms with Gasteiger partial charge in [-0.05, 0) is 57.1 Å². The number of nitrogens with zero attached hydrogens (tertiary/aromatic N) is 4. The van der Waals surface area contributed by atoms with Gasteiger partial charge in [0.2, 0.25) is 0 Å². The molecular weight excluding hydrogens is 482 g/mol. The van der Waals surface area contributed by atoms with E-state index in [1.807, 2.05) is 29.8 Å². The van der Waals surface area contributed by atoms with Crippen LogP contribution in [0.2, 0.25) is 0 Å². The first-order valence-electron chi connectivity index (χ1n) is 13.9. The molecule has 1 aromatic carbocycles. The first-order valence-corrected chi connectivity index (χ1v) is 13.9. The van der Waals surface area contributed by atoms with Crippen LogP contribution in [0.1, 0.15) is 60.3 Å². The first-order chi connectivity index (χ1) is 18.6. The van der Waals surface area contributed by atoms with Crippen LogP contribution in [0.15, 0.2) is 30.3 Å². The van der Waals surface area contributed by atoms with Crippen molar-refractivity contribution in [1.82, 2.24) is 19.7 Å². The number of likely N-dealkylation sites (tertiary alicyclic amines) is 1. The molecule has 202 valence electrons. The quantitative estimate of drug-likeness (QED) is 0.389. The Labute approximate surface area is 223 Å². The van der Waals surface area contributed by atoms with E-state index in [-0.39, 0.29) is 12.1 Å². The maximum absolute atomic E-state index is 12.6. The minimum Gasteiger partial charge on any atom is -0.480 e. The number of fused-ring (bicyclic) bond motifs is 2. The molecule has 6 rings (SSSR count). The number of hydrogen-bond donors (Lipinski definition) is 2. The van der Waals surface area contributed by atoms with Crippen LogP contribution in [0.5, 0.6) is 0 Å². The number of aromatic nitrogens is 3. The summed E-state index contributed by atoms with van der Waals surface area (Å²) in [4.78, 5) is 19.4. The number of hydrogen-bond acceptors (Lipinski definition) is 7. The molecule has 5 heterocycles. The third kappa shape index (κ3) is 5.02. The summed E-state index contributed by atoms with van der Waals surface area (Å²) in [6.45, 7) is 6.21. The molecule has 2 saturated heterocycles. The number of pyridine rings is 1. The molecule has 0 aliphatic carbocycles. The maximum Gasteiger partial charge on any atom is 0.325 e. The van der Waals surface area contributed by atoms with Crippen molar-refractivity contribution in [2.45, 2.75) is 63.6 Å². The van der Waals surface area contributed by atoms with Crippen LogP contribution in [0.4, 0.5) is 5.82 Å². The molecule has 2 aromatic heterocycles. The summed E-state index contributed by atoms with van der Waals surface area (Å²) in [5.41, 5.74) is 5.09. The Morgan fingerprint density at radius 2 is 2.16 bits per heavy atom. The summed E-state index contributed by atoms with van der Waals surface area (Å²) >= 11 is 0. The van der Waals surface area contributed by atoms with Crippen molar-refractivity contribution in [2.75, 3.05) is 44.8 Å². The Morgan fingerprint density at radius 1 is 1.26 bits per heavy atom. The Kier molecular flexibility index (Phi) is 7.32. The van der Waals surface area contributed by atoms with Crippen molar-refractivity contribution >= 4 is 22.7 Å². The van der Waals surface area contributed by atoms with Gasteiger partial charge in [0, 0.05) is 42.9 Å². The van der Waals surface area contributed by atoms with Gasteiger partial charge in [0.15, 0.2) is 0 Å². The Hall–Kier alpha value is -3.01. The van der Waals surface area contributed by atoms with Crippen LogP contribution >= 0.6 is 0 Å². The van der Waals surface area contributed by atoms with Gasteiger partial charge in [-0.1, -0.05) is 24.3 Å². The highest BCUT2D eigenvalue weighted by Crippen LogP contribution is 2.35. The molecule has 1 unspecified atom stereocenters. The van der Waals surface area contributed by atoms with E-state index in [9.17, 15) is 9.90 Å². The van der Waals surface area contributed by atoms with Gasteiger partial charge in [0.1, 0.15) is 11.9 Å². The van der Waals surface area contributed by atoms with Gasteiger partial charge in [0.25, 0.3) is 0 Å². The Balaban J connectivity index is 1.05. The Bertz CT molecular complexity index is 1300. The van der Waals surface area contributed by atoms with Crippen LogP contribution in [0.25, 0.3) is 10.9 Å². The van der Waals surface area contributed by atoms with Crippen LogP contribution in [-0.2, 0) is 27.1 Å². The summed E-state index contributed by atoms with van der Waals surface area (Å²) < 4.78 is 13.6. The van der Waals surface area contributed by atoms with Crippen LogP contribution in [-0.4, -0.2) is 76.3 Å². The molecule has 9 heteroatoms. The topological polar surface area (TPSA) is 102 Å². The molecule has 0 spiro atoms. The molecule has 9 nitrogen and oxygen atoms in total. The standard InChI is InChI=1S/C29H37N5O4/c1-19-24-8-4-9-25(26(24)34(32-19)22-17-37-18-22)27(29(35)36)33-14-12-23(16-33)38-15-3-2-7-21-11-10-20-6-5-13-30-28(20)31-21/h4,8-11,22-23,27H,2-3,5-7,12-18H2,1H3,(H,30,31)(H,35,36)/t23-,27?/m1/s1. The van der Waals surface area contributed by atoms with Crippen molar-refractivity contribution in [2.24, 2.45) is 0 Å². The molecule has 0 amide bonds. The van der Waals surface area contributed by atoms with Gasteiger partial charge in [0.05, 0.1) is 36.6 Å². The molecule has 3 aliphatic rings. The highest BCUT2D eigenvalue weighted by molar-refractivity contribution is 5.90. The maximum atomic E-state index is 12.6. The number of benzene rings is 1. The number of aryl methyl sites for hydroxylation is 3. The average molecular weight is 520 g/mol. The van der Waals surface area contributed by atoms with E-state index < -0.39 is 12.0 Å². The van der Waals surface area contributed by atoms with Gasteiger partial charge in [-0.25, -0.2) is 4.98 Å². The lowest BCUT2D eigenvalue weighted by molar-refractivity contribution is -0.143. The van der Waals surface area contributed by atoms with Crippen molar-refractivity contribution in [3.05, 3.63) is 52.8 Å². The third-order valence-corrected chi connectivity index (χ3v) is 8.11. The lowest BCUT2D eigenvalue weighted by Gasteiger charge is -2.29. The fourth-order valence-corrected chi connectivity index (χ4v) is 6.00. The number of para-hydroxylation sites is 1. The predicted molar refractivity (Wildman–Crippen MR) is 145 cm³/mol. The first kappa shape index (κ1) is 25.3. The lowest BCUT2D eigenvalue weighted by atomic mass is 10.0. The smallest absolute Gasteiger partial charge is 0.325 e. The minimum atomic E-state index is -0.833. The third-order valence-electron chi connectivity index (χ3n) is 8.11. The molecule has 2 N–H and O–H groups in total. The number of nitrogens with one attached hydrogen (secondary N) is 1. The van der Waals surface area contributed by atoms with Gasteiger partial charge < -0.3 is 19.9 Å². The van der Waals surface area contributed by atoms with Crippen molar-refractivity contribution in [3.8, 4) is 0 Å². The second-order valence-electron chi connectivity index (χ2n) is 10.8. The van der Waals surface area contributed by atoms with Gasteiger partial charge in [-0.3, -0.25) is 14.4 Å². The van der Waals surface area contributed by atoms with E-state index in [0.29, 0.717) is 32.9 Å². The number of unbranched alkanes of at least 4 members (excludes halogenated alkanes) is 1. The van der Waals surface area contributed by atoms with E-state index in [0.717, 1.165) is 72.3 Å². The number of carbonyl (C=O) groups is 1. The van der Waals surface area contributed by atoms with E-state index in [1.54, 1.807) is 0 Å². The largest absolute Gasteiger partial charge is 0.480 e. The van der Waals surface area contributed by atoms with E-state index in [4.69, 9.17) is 19.6 Å². The average Bonchev–Trinajstić information content (AvgIpc) is 3.48. The van der Waals surface area contributed by atoms with Gasteiger partial charge in [-0.15, -0.1) is 0 Å². The summed E-state index contributed by atoms with van der Waals surface area (Å²) in [5, 5.41) is 19.5. The van der Waals surface area contributed by atoms with E-state index >= 15 is 0 Å². The predicted octanol–water partition coefficient (Wildman–Crippen LogP) is 3.91. The zero-order valence-electron chi connectivity index (χ0n) is 22.1. The zero-order valence-corrected chi connectivity index (χ0v) is 22.1. The van der Waals surface area contributed by atoms with Crippen LogP contribution in [0, 0.1) is 6.92 Å².